The molecule has 8 heteroatoms. The number of aromatic nitrogens is 3. The standard InChI is InChI=1S/C17H14FN5O2/c18-14-8-6-13(7-9-14)17(21-23-15(25-17)11-20-22-23)16(24)19-10-12-4-2-1-3-5-12/h1-9,11,21H,10H2,(H,19,24). The lowest BCUT2D eigenvalue weighted by Crippen LogP contribution is -2.53. The molecule has 3 aromatic rings. The molecule has 2 aromatic carbocycles. The minimum Gasteiger partial charge on any atom is -0.433 e. The Kier molecular flexibility index (Phi) is 3.57. The van der Waals surface area contributed by atoms with E-state index in [4.69, 9.17) is 4.74 Å². The normalized spacial score (nSPS) is 18.1. The van der Waals surface area contributed by atoms with Crippen molar-refractivity contribution in [2.24, 2.45) is 0 Å². The van der Waals surface area contributed by atoms with Gasteiger partial charge in [0.25, 0.3) is 11.8 Å². The first kappa shape index (κ1) is 15.1. The first-order valence-electron chi connectivity index (χ1n) is 7.63. The zero-order chi connectivity index (χ0) is 17.3. The first-order chi connectivity index (χ1) is 12.2. The van der Waals surface area contributed by atoms with Crippen LogP contribution in [-0.4, -0.2) is 21.0 Å². The van der Waals surface area contributed by atoms with Gasteiger partial charge in [-0.25, -0.2) is 4.39 Å². The van der Waals surface area contributed by atoms with Crippen LogP contribution in [0, 0.1) is 5.82 Å². The number of amides is 1. The molecule has 1 aliphatic heterocycles. The summed E-state index contributed by atoms with van der Waals surface area (Å²) in [7, 11) is 0. The van der Waals surface area contributed by atoms with Gasteiger partial charge in [-0.05, 0) is 35.0 Å². The average Bonchev–Trinajstić information content (AvgIpc) is 3.21. The van der Waals surface area contributed by atoms with E-state index in [1.807, 2.05) is 30.3 Å². The maximum absolute atomic E-state index is 13.3. The number of hydrogen-bond donors (Lipinski definition) is 2. The predicted octanol–water partition coefficient (Wildman–Crippen LogP) is 1.52. The second-order valence-electron chi connectivity index (χ2n) is 5.55. The third-order valence-corrected chi connectivity index (χ3v) is 3.91. The van der Waals surface area contributed by atoms with E-state index in [9.17, 15) is 9.18 Å². The third-order valence-electron chi connectivity index (χ3n) is 3.91. The first-order valence-corrected chi connectivity index (χ1v) is 7.63. The number of benzene rings is 2. The van der Waals surface area contributed by atoms with Crippen molar-refractivity contribution in [3.63, 3.8) is 0 Å². The van der Waals surface area contributed by atoms with Crippen molar-refractivity contribution >= 4 is 5.91 Å². The number of hydrogen-bond acceptors (Lipinski definition) is 5. The molecular formula is C17H14FN5O2. The zero-order valence-electron chi connectivity index (χ0n) is 13.0. The van der Waals surface area contributed by atoms with Crippen LogP contribution >= 0.6 is 0 Å². The van der Waals surface area contributed by atoms with Crippen LogP contribution in [0.25, 0.3) is 0 Å². The number of halogens is 1. The van der Waals surface area contributed by atoms with Gasteiger partial charge in [0.2, 0.25) is 0 Å². The number of carbonyl (C=O) groups excluding carboxylic acids is 1. The summed E-state index contributed by atoms with van der Waals surface area (Å²) in [6.45, 7) is 0.328. The molecule has 0 saturated carbocycles. The molecule has 126 valence electrons. The highest BCUT2D eigenvalue weighted by Crippen LogP contribution is 2.32. The zero-order valence-corrected chi connectivity index (χ0v) is 13.0. The van der Waals surface area contributed by atoms with Gasteiger partial charge in [0.05, 0.1) is 0 Å². The van der Waals surface area contributed by atoms with Gasteiger partial charge in [0, 0.05) is 12.1 Å². The Morgan fingerprint density at radius 3 is 2.68 bits per heavy atom. The van der Waals surface area contributed by atoms with Crippen molar-refractivity contribution in [1.29, 1.82) is 0 Å². The molecule has 1 unspecified atom stereocenters. The fourth-order valence-corrected chi connectivity index (χ4v) is 2.64. The van der Waals surface area contributed by atoms with Crippen molar-refractivity contribution < 1.29 is 13.9 Å². The van der Waals surface area contributed by atoms with Crippen LogP contribution in [0.15, 0.2) is 60.8 Å². The molecule has 2 heterocycles. The highest BCUT2D eigenvalue weighted by atomic mass is 19.1. The van der Waals surface area contributed by atoms with Crippen molar-refractivity contribution in [2.75, 3.05) is 5.43 Å². The van der Waals surface area contributed by atoms with E-state index in [0.29, 0.717) is 18.0 Å². The van der Waals surface area contributed by atoms with E-state index >= 15 is 0 Å². The van der Waals surface area contributed by atoms with Gasteiger partial charge in [0.1, 0.15) is 12.0 Å². The summed E-state index contributed by atoms with van der Waals surface area (Å²) in [6, 6.07) is 15.0. The highest BCUT2D eigenvalue weighted by Gasteiger charge is 2.49. The summed E-state index contributed by atoms with van der Waals surface area (Å²) in [5.74, 6) is -0.534. The number of ether oxygens (including phenoxy) is 1. The van der Waals surface area contributed by atoms with Gasteiger partial charge in [-0.3, -0.25) is 10.2 Å². The molecule has 7 nitrogen and oxygen atoms in total. The molecule has 0 saturated heterocycles. The molecule has 1 amide bonds. The van der Waals surface area contributed by atoms with Gasteiger partial charge in [-0.1, -0.05) is 30.3 Å². The van der Waals surface area contributed by atoms with E-state index in [1.54, 1.807) is 0 Å². The number of fused-ring (bicyclic) bond motifs is 1. The Morgan fingerprint density at radius 1 is 1.20 bits per heavy atom. The fraction of sp³-hybridized carbons (Fsp3) is 0.118. The molecule has 25 heavy (non-hydrogen) atoms. The molecule has 1 atom stereocenters. The lowest BCUT2D eigenvalue weighted by Gasteiger charge is -2.27. The summed E-state index contributed by atoms with van der Waals surface area (Å²) in [4.78, 5) is 14.2. The number of nitrogens with zero attached hydrogens (tertiary/aromatic N) is 3. The number of carbonyl (C=O) groups is 1. The van der Waals surface area contributed by atoms with Gasteiger partial charge < -0.3 is 10.1 Å². The Labute approximate surface area is 142 Å². The Morgan fingerprint density at radius 2 is 1.96 bits per heavy atom. The Hall–Kier alpha value is -3.42. The monoisotopic (exact) mass is 339 g/mol. The predicted molar refractivity (Wildman–Crippen MR) is 86.4 cm³/mol. The molecule has 0 fully saturated rings. The molecule has 0 spiro atoms. The summed E-state index contributed by atoms with van der Waals surface area (Å²) >= 11 is 0. The quantitative estimate of drug-likeness (QED) is 0.753. The lowest BCUT2D eigenvalue weighted by molar-refractivity contribution is -0.134. The Balaban J connectivity index is 1.63. The summed E-state index contributed by atoms with van der Waals surface area (Å²) < 4.78 is 19.1. The lowest BCUT2D eigenvalue weighted by atomic mass is 10.0. The van der Waals surface area contributed by atoms with E-state index < -0.39 is 17.4 Å². The molecule has 0 bridgehead atoms. The summed E-state index contributed by atoms with van der Waals surface area (Å²) in [5.41, 5.74) is 2.73. The summed E-state index contributed by atoms with van der Waals surface area (Å²) in [6.07, 6.45) is 1.39. The molecule has 4 rings (SSSR count). The van der Waals surface area contributed by atoms with Gasteiger partial charge in [-0.15, -0.1) is 9.89 Å². The second-order valence-corrected chi connectivity index (χ2v) is 5.55. The van der Waals surface area contributed by atoms with E-state index in [-0.39, 0.29) is 0 Å². The number of nitrogens with one attached hydrogen (secondary N) is 2. The van der Waals surface area contributed by atoms with Gasteiger partial charge in [0.15, 0.2) is 0 Å². The maximum Gasteiger partial charge on any atom is 0.302 e. The fourth-order valence-electron chi connectivity index (χ4n) is 2.64. The molecule has 0 aliphatic carbocycles. The second kappa shape index (κ2) is 5.90. The largest absolute Gasteiger partial charge is 0.433 e. The Bertz CT molecular complexity index is 874. The van der Waals surface area contributed by atoms with Crippen LogP contribution < -0.4 is 15.5 Å². The van der Waals surface area contributed by atoms with E-state index in [1.165, 1.54) is 35.3 Å². The van der Waals surface area contributed by atoms with Crippen molar-refractivity contribution in [3.05, 3.63) is 77.7 Å². The molecule has 2 N–H and O–H groups in total. The molecule has 1 aliphatic rings. The topological polar surface area (TPSA) is 81.1 Å². The maximum atomic E-state index is 13.3. The van der Waals surface area contributed by atoms with Crippen LogP contribution in [-0.2, 0) is 17.1 Å². The molecular weight excluding hydrogens is 325 g/mol. The summed E-state index contributed by atoms with van der Waals surface area (Å²) in [5, 5.41) is 10.4. The van der Waals surface area contributed by atoms with Crippen molar-refractivity contribution in [3.8, 4) is 5.88 Å². The number of rotatable bonds is 4. The van der Waals surface area contributed by atoms with Gasteiger partial charge in [-0.2, -0.15) is 0 Å². The van der Waals surface area contributed by atoms with Crippen LogP contribution in [0.1, 0.15) is 11.1 Å². The molecule has 1 aromatic heterocycles. The smallest absolute Gasteiger partial charge is 0.302 e. The van der Waals surface area contributed by atoms with Crippen LogP contribution in [0.2, 0.25) is 0 Å². The minimum atomic E-state index is -1.55. The minimum absolute atomic E-state index is 0.291. The SMILES string of the molecule is O=C(NCc1ccccc1)C1(c2ccc(F)cc2)Nn2nncc2O1. The van der Waals surface area contributed by atoms with Crippen LogP contribution in [0.4, 0.5) is 4.39 Å². The van der Waals surface area contributed by atoms with Gasteiger partial charge >= 0.3 is 5.72 Å². The van der Waals surface area contributed by atoms with Crippen molar-refractivity contribution in [1.82, 2.24) is 20.4 Å². The molecule has 0 radical (unpaired) electrons. The van der Waals surface area contributed by atoms with Crippen molar-refractivity contribution in [2.45, 2.75) is 12.3 Å². The van der Waals surface area contributed by atoms with Crippen LogP contribution in [0.5, 0.6) is 5.88 Å². The van der Waals surface area contributed by atoms with E-state index in [0.717, 1.165) is 5.56 Å². The third kappa shape index (κ3) is 2.67. The van der Waals surface area contributed by atoms with Crippen LogP contribution in [0.3, 0.4) is 0 Å². The van der Waals surface area contributed by atoms with E-state index in [2.05, 4.69) is 21.1 Å². The average molecular weight is 339 g/mol. The highest BCUT2D eigenvalue weighted by molar-refractivity contribution is 5.88.